The molecule has 0 aromatic heterocycles. The van der Waals surface area contributed by atoms with Crippen molar-refractivity contribution in [2.24, 2.45) is 0 Å². The number of imide groups is 1. The molecule has 0 aliphatic carbocycles. The summed E-state index contributed by atoms with van der Waals surface area (Å²) in [6.07, 6.45) is 1.90. The third kappa shape index (κ3) is 3.80. The molecule has 7 nitrogen and oxygen atoms in total. The van der Waals surface area contributed by atoms with Crippen molar-refractivity contribution in [1.82, 2.24) is 20.9 Å². The minimum atomic E-state index is -1.12. The number of rotatable bonds is 4. The van der Waals surface area contributed by atoms with E-state index >= 15 is 0 Å². The van der Waals surface area contributed by atoms with Gasteiger partial charge >= 0.3 is 12.1 Å². The lowest BCUT2D eigenvalue weighted by Crippen LogP contribution is -2.41. The van der Waals surface area contributed by atoms with E-state index in [4.69, 9.17) is 0 Å². The van der Waals surface area contributed by atoms with E-state index in [1.807, 2.05) is 35.2 Å². The van der Waals surface area contributed by atoms with E-state index in [1.54, 1.807) is 13.0 Å². The number of nitrogens with one attached hydrogen (secondary N) is 3. The highest BCUT2D eigenvalue weighted by Crippen LogP contribution is 2.36. The van der Waals surface area contributed by atoms with E-state index < -0.39 is 11.6 Å². The Hall–Kier alpha value is -3.87. The maximum atomic E-state index is 13.1. The van der Waals surface area contributed by atoms with Gasteiger partial charge in [0.1, 0.15) is 5.54 Å². The molecule has 7 heteroatoms. The Labute approximate surface area is 192 Å². The van der Waals surface area contributed by atoms with Gasteiger partial charge < -0.3 is 15.5 Å². The summed E-state index contributed by atoms with van der Waals surface area (Å²) < 4.78 is 0. The average Bonchev–Trinajstić information content (AvgIpc) is 3.41. The fourth-order valence-electron chi connectivity index (χ4n) is 4.89. The summed E-state index contributed by atoms with van der Waals surface area (Å²) >= 11 is 0. The second-order valence-corrected chi connectivity index (χ2v) is 8.81. The standard InChI is InChI=1S/C26H26N4O3/c1-26(23(31)28-24(32)29-26)19-10-4-7-17(15-19)16-27-25(33)30-14-6-13-22(30)21-12-5-9-18-8-2-3-11-20(18)21/h2-5,7-12,15,22H,6,13-14,16H2,1H3,(H,27,33)(H2,28,29,31,32). The average molecular weight is 443 g/mol. The lowest BCUT2D eigenvalue weighted by atomic mass is 9.91. The minimum Gasteiger partial charge on any atom is -0.334 e. The lowest BCUT2D eigenvalue weighted by Gasteiger charge is -2.26. The molecule has 3 aromatic carbocycles. The van der Waals surface area contributed by atoms with Crippen LogP contribution >= 0.6 is 0 Å². The Morgan fingerprint density at radius 2 is 1.88 bits per heavy atom. The molecule has 3 N–H and O–H groups in total. The molecule has 2 saturated heterocycles. The Morgan fingerprint density at radius 1 is 1.09 bits per heavy atom. The summed E-state index contributed by atoms with van der Waals surface area (Å²) in [4.78, 5) is 38.9. The highest BCUT2D eigenvalue weighted by molar-refractivity contribution is 6.07. The van der Waals surface area contributed by atoms with Gasteiger partial charge in [-0.25, -0.2) is 9.59 Å². The van der Waals surface area contributed by atoms with Gasteiger partial charge in [-0.2, -0.15) is 0 Å². The molecule has 168 valence electrons. The van der Waals surface area contributed by atoms with Crippen molar-refractivity contribution in [2.75, 3.05) is 6.54 Å². The molecule has 2 aliphatic rings. The first-order valence-corrected chi connectivity index (χ1v) is 11.2. The Bertz CT molecular complexity index is 1250. The van der Waals surface area contributed by atoms with E-state index in [2.05, 4.69) is 46.3 Å². The maximum absolute atomic E-state index is 13.1. The fourth-order valence-corrected chi connectivity index (χ4v) is 4.89. The minimum absolute atomic E-state index is 0.0405. The Balaban J connectivity index is 1.31. The molecule has 2 unspecified atom stereocenters. The molecular weight excluding hydrogens is 416 g/mol. The van der Waals surface area contributed by atoms with E-state index in [9.17, 15) is 14.4 Å². The molecule has 0 saturated carbocycles. The van der Waals surface area contributed by atoms with Gasteiger partial charge in [0.2, 0.25) is 0 Å². The van der Waals surface area contributed by atoms with E-state index in [-0.39, 0.29) is 18.0 Å². The maximum Gasteiger partial charge on any atom is 0.322 e. The third-order valence-corrected chi connectivity index (χ3v) is 6.69. The van der Waals surface area contributed by atoms with Crippen molar-refractivity contribution in [1.29, 1.82) is 0 Å². The van der Waals surface area contributed by atoms with Crippen molar-refractivity contribution in [3.05, 3.63) is 83.4 Å². The largest absolute Gasteiger partial charge is 0.334 e. The molecule has 2 fully saturated rings. The Kier molecular flexibility index (Phi) is 5.24. The van der Waals surface area contributed by atoms with Crippen LogP contribution in [0.5, 0.6) is 0 Å². The number of carbonyl (C=O) groups is 3. The number of benzene rings is 3. The van der Waals surface area contributed by atoms with Crippen LogP contribution in [0, 0.1) is 0 Å². The van der Waals surface area contributed by atoms with Gasteiger partial charge in [-0.1, -0.05) is 66.7 Å². The van der Waals surface area contributed by atoms with Gasteiger partial charge in [0.25, 0.3) is 5.91 Å². The van der Waals surface area contributed by atoms with Crippen molar-refractivity contribution < 1.29 is 14.4 Å². The topological polar surface area (TPSA) is 90.5 Å². The summed E-state index contributed by atoms with van der Waals surface area (Å²) in [6, 6.07) is 21.3. The van der Waals surface area contributed by atoms with Crippen LogP contribution in [0.4, 0.5) is 9.59 Å². The predicted octanol–water partition coefficient (Wildman–Crippen LogP) is 3.94. The summed E-state index contributed by atoms with van der Waals surface area (Å²) in [5.74, 6) is -0.385. The van der Waals surface area contributed by atoms with E-state index in [1.165, 1.54) is 16.3 Å². The number of fused-ring (bicyclic) bond motifs is 1. The van der Waals surface area contributed by atoms with Gasteiger partial charge in [0.15, 0.2) is 0 Å². The summed E-state index contributed by atoms with van der Waals surface area (Å²) in [5.41, 5.74) is 1.59. The Morgan fingerprint density at radius 3 is 2.70 bits per heavy atom. The van der Waals surface area contributed by atoms with Gasteiger partial charge in [0, 0.05) is 13.1 Å². The number of likely N-dealkylation sites (tertiary alicyclic amines) is 1. The SMILES string of the molecule is CC1(c2cccc(CNC(=O)N3CCCC3c3cccc4ccccc34)c2)NC(=O)NC1=O. The first kappa shape index (κ1) is 21.0. The molecule has 2 atom stereocenters. The number of urea groups is 2. The first-order valence-electron chi connectivity index (χ1n) is 11.2. The van der Waals surface area contributed by atoms with Crippen LogP contribution in [0.2, 0.25) is 0 Å². The molecule has 3 aromatic rings. The molecule has 33 heavy (non-hydrogen) atoms. The van der Waals surface area contributed by atoms with Gasteiger partial charge in [0.05, 0.1) is 6.04 Å². The number of nitrogens with zero attached hydrogens (tertiary/aromatic N) is 1. The van der Waals surface area contributed by atoms with Crippen LogP contribution in [0.3, 0.4) is 0 Å². The molecular formula is C26H26N4O3. The third-order valence-electron chi connectivity index (χ3n) is 6.69. The zero-order valence-electron chi connectivity index (χ0n) is 18.4. The van der Waals surface area contributed by atoms with Crippen LogP contribution in [-0.2, 0) is 16.9 Å². The normalized spacial score (nSPS) is 22.3. The van der Waals surface area contributed by atoms with Crippen molar-refractivity contribution >= 4 is 28.7 Å². The monoisotopic (exact) mass is 442 g/mol. The highest BCUT2D eigenvalue weighted by Gasteiger charge is 2.43. The van der Waals surface area contributed by atoms with Crippen LogP contribution in [0.25, 0.3) is 10.8 Å². The van der Waals surface area contributed by atoms with Crippen molar-refractivity contribution in [3.63, 3.8) is 0 Å². The molecule has 0 bridgehead atoms. The molecule has 5 rings (SSSR count). The van der Waals surface area contributed by atoms with Crippen LogP contribution < -0.4 is 16.0 Å². The molecule has 2 aliphatic heterocycles. The number of hydrogen-bond donors (Lipinski definition) is 3. The number of hydrogen-bond acceptors (Lipinski definition) is 3. The zero-order chi connectivity index (χ0) is 23.0. The summed E-state index contributed by atoms with van der Waals surface area (Å²) in [7, 11) is 0. The summed E-state index contributed by atoms with van der Waals surface area (Å²) in [5, 5.41) is 10.4. The smallest absolute Gasteiger partial charge is 0.322 e. The highest BCUT2D eigenvalue weighted by atomic mass is 16.2. The summed E-state index contributed by atoms with van der Waals surface area (Å²) in [6.45, 7) is 2.71. The fraction of sp³-hybridized carbons (Fsp3) is 0.269. The first-order chi connectivity index (χ1) is 16.0. The zero-order valence-corrected chi connectivity index (χ0v) is 18.4. The molecule has 5 amide bonds. The number of amides is 5. The second-order valence-electron chi connectivity index (χ2n) is 8.81. The number of carbonyl (C=O) groups excluding carboxylic acids is 3. The predicted molar refractivity (Wildman–Crippen MR) is 125 cm³/mol. The molecule has 2 heterocycles. The second kappa shape index (κ2) is 8.24. The van der Waals surface area contributed by atoms with Crippen LogP contribution in [-0.4, -0.2) is 29.4 Å². The quantitative estimate of drug-likeness (QED) is 0.535. The van der Waals surface area contributed by atoms with Gasteiger partial charge in [-0.3, -0.25) is 10.1 Å². The van der Waals surface area contributed by atoms with Crippen molar-refractivity contribution in [2.45, 2.75) is 37.9 Å². The van der Waals surface area contributed by atoms with E-state index in [0.29, 0.717) is 18.7 Å². The van der Waals surface area contributed by atoms with Gasteiger partial charge in [-0.15, -0.1) is 0 Å². The van der Waals surface area contributed by atoms with Crippen molar-refractivity contribution in [3.8, 4) is 0 Å². The molecule has 0 spiro atoms. The lowest BCUT2D eigenvalue weighted by molar-refractivity contribution is -0.123. The van der Waals surface area contributed by atoms with Crippen LogP contribution in [0.15, 0.2) is 66.7 Å². The van der Waals surface area contributed by atoms with Gasteiger partial charge in [-0.05, 0) is 47.2 Å². The van der Waals surface area contributed by atoms with Crippen LogP contribution in [0.1, 0.15) is 42.5 Å². The molecule has 0 radical (unpaired) electrons. The van der Waals surface area contributed by atoms with E-state index in [0.717, 1.165) is 18.4 Å².